The van der Waals surface area contributed by atoms with Crippen molar-refractivity contribution < 1.29 is 14.1 Å². The molecule has 1 N–H and O–H groups in total. The van der Waals surface area contributed by atoms with Crippen LogP contribution in [0.2, 0.25) is 5.02 Å². The monoisotopic (exact) mass is 418 g/mol. The van der Waals surface area contributed by atoms with Gasteiger partial charge in [-0.3, -0.25) is 4.79 Å². The van der Waals surface area contributed by atoms with Crippen molar-refractivity contribution in [2.75, 3.05) is 5.32 Å². The van der Waals surface area contributed by atoms with E-state index in [1.807, 2.05) is 54.6 Å². The van der Waals surface area contributed by atoms with Gasteiger partial charge in [0.25, 0.3) is 5.91 Å². The van der Waals surface area contributed by atoms with Crippen LogP contribution in [0.1, 0.15) is 21.8 Å². The summed E-state index contributed by atoms with van der Waals surface area (Å²) < 4.78 is 11.0. The highest BCUT2D eigenvalue weighted by molar-refractivity contribution is 6.30. The van der Waals surface area contributed by atoms with Gasteiger partial charge in [-0.1, -0.05) is 59.2 Å². The summed E-state index contributed by atoms with van der Waals surface area (Å²) in [7, 11) is 0. The predicted molar refractivity (Wildman–Crippen MR) is 117 cm³/mol. The van der Waals surface area contributed by atoms with Crippen LogP contribution in [0.4, 0.5) is 5.69 Å². The Balaban J connectivity index is 1.45. The van der Waals surface area contributed by atoms with Crippen molar-refractivity contribution in [1.82, 2.24) is 5.16 Å². The van der Waals surface area contributed by atoms with Crippen LogP contribution in [0.25, 0.3) is 11.1 Å². The van der Waals surface area contributed by atoms with Crippen LogP contribution in [0, 0.1) is 6.92 Å². The first-order valence-corrected chi connectivity index (χ1v) is 9.78. The van der Waals surface area contributed by atoms with E-state index in [4.69, 9.17) is 20.9 Å². The van der Waals surface area contributed by atoms with E-state index in [0.29, 0.717) is 27.8 Å². The Morgan fingerprint density at radius 1 is 0.967 bits per heavy atom. The topological polar surface area (TPSA) is 64.4 Å². The van der Waals surface area contributed by atoms with Gasteiger partial charge in [-0.2, -0.15) is 0 Å². The standard InChI is InChI=1S/C24H19ClN2O3/c1-16-22(15-29-21-13-9-19(25)10-14-21)23(27-30-16)24(28)26-20-11-7-18(8-12-20)17-5-3-2-4-6-17/h2-14H,15H2,1H3,(H,26,28). The minimum Gasteiger partial charge on any atom is -0.489 e. The number of carbonyl (C=O) groups excluding carboxylic acids is 1. The third kappa shape index (κ3) is 4.53. The molecule has 0 aliphatic heterocycles. The second-order valence-corrected chi connectivity index (χ2v) is 7.14. The zero-order chi connectivity index (χ0) is 20.9. The van der Waals surface area contributed by atoms with Gasteiger partial charge >= 0.3 is 0 Å². The molecule has 1 aromatic heterocycles. The molecule has 0 aliphatic carbocycles. The van der Waals surface area contributed by atoms with Gasteiger partial charge in [-0.05, 0) is 54.4 Å². The molecule has 0 saturated heterocycles. The molecule has 3 aromatic carbocycles. The van der Waals surface area contributed by atoms with Crippen LogP contribution in [0.5, 0.6) is 5.75 Å². The average molecular weight is 419 g/mol. The van der Waals surface area contributed by atoms with Gasteiger partial charge in [0.05, 0.1) is 5.56 Å². The Kier molecular flexibility index (Phi) is 5.82. The first-order valence-electron chi connectivity index (χ1n) is 9.40. The summed E-state index contributed by atoms with van der Waals surface area (Å²) in [6.45, 7) is 1.91. The number of hydrogen-bond donors (Lipinski definition) is 1. The Hall–Kier alpha value is -3.57. The van der Waals surface area contributed by atoms with E-state index in [0.717, 1.165) is 11.1 Å². The highest BCUT2D eigenvalue weighted by Crippen LogP contribution is 2.23. The van der Waals surface area contributed by atoms with E-state index in [1.54, 1.807) is 31.2 Å². The van der Waals surface area contributed by atoms with Gasteiger partial charge < -0.3 is 14.6 Å². The fourth-order valence-corrected chi connectivity index (χ4v) is 3.12. The molecule has 0 fully saturated rings. The molecule has 0 aliphatic rings. The van der Waals surface area contributed by atoms with E-state index in [9.17, 15) is 4.79 Å². The first kappa shape index (κ1) is 19.7. The molecule has 150 valence electrons. The zero-order valence-electron chi connectivity index (χ0n) is 16.3. The second-order valence-electron chi connectivity index (χ2n) is 6.71. The number of nitrogens with zero attached hydrogens (tertiary/aromatic N) is 1. The molecule has 0 atom stereocenters. The lowest BCUT2D eigenvalue weighted by molar-refractivity contribution is 0.101. The van der Waals surface area contributed by atoms with Crippen molar-refractivity contribution in [3.63, 3.8) is 0 Å². The number of nitrogens with one attached hydrogen (secondary N) is 1. The summed E-state index contributed by atoms with van der Waals surface area (Å²) >= 11 is 5.89. The van der Waals surface area contributed by atoms with Crippen molar-refractivity contribution >= 4 is 23.2 Å². The fourth-order valence-electron chi connectivity index (χ4n) is 2.99. The maximum absolute atomic E-state index is 12.8. The molecule has 0 saturated carbocycles. The van der Waals surface area contributed by atoms with Crippen molar-refractivity contribution in [3.05, 3.63) is 101 Å². The fraction of sp³-hybridized carbons (Fsp3) is 0.0833. The molecule has 4 rings (SSSR count). The largest absolute Gasteiger partial charge is 0.489 e. The van der Waals surface area contributed by atoms with Crippen LogP contribution in [0.15, 0.2) is 83.4 Å². The number of aromatic nitrogens is 1. The molecule has 6 heteroatoms. The summed E-state index contributed by atoms with van der Waals surface area (Å²) in [6.07, 6.45) is 0. The molecule has 0 bridgehead atoms. The van der Waals surface area contributed by atoms with E-state index in [1.165, 1.54) is 0 Å². The Morgan fingerprint density at radius 2 is 1.63 bits per heavy atom. The first-order chi connectivity index (χ1) is 14.6. The molecular weight excluding hydrogens is 400 g/mol. The number of amides is 1. The normalized spacial score (nSPS) is 10.6. The van der Waals surface area contributed by atoms with Gasteiger partial charge in [0, 0.05) is 10.7 Å². The Bertz CT molecular complexity index is 1140. The molecule has 4 aromatic rings. The predicted octanol–water partition coefficient (Wildman–Crippen LogP) is 6.13. The Labute approximate surface area is 179 Å². The smallest absolute Gasteiger partial charge is 0.278 e. The number of benzene rings is 3. The minimum atomic E-state index is -0.353. The lowest BCUT2D eigenvalue weighted by Gasteiger charge is -2.08. The van der Waals surface area contributed by atoms with Gasteiger partial charge in [0.1, 0.15) is 18.1 Å². The zero-order valence-corrected chi connectivity index (χ0v) is 17.0. The highest BCUT2D eigenvalue weighted by atomic mass is 35.5. The molecular formula is C24H19ClN2O3. The maximum Gasteiger partial charge on any atom is 0.278 e. The van der Waals surface area contributed by atoms with Crippen LogP contribution in [0.3, 0.4) is 0 Å². The van der Waals surface area contributed by atoms with E-state index in [2.05, 4.69) is 10.5 Å². The number of carbonyl (C=O) groups is 1. The molecule has 5 nitrogen and oxygen atoms in total. The third-order valence-electron chi connectivity index (χ3n) is 4.65. The molecule has 1 heterocycles. The van der Waals surface area contributed by atoms with Gasteiger partial charge in [-0.25, -0.2) is 0 Å². The number of aryl methyl sites for hydroxylation is 1. The molecule has 0 radical (unpaired) electrons. The van der Waals surface area contributed by atoms with Gasteiger partial charge in [-0.15, -0.1) is 0 Å². The number of halogens is 1. The van der Waals surface area contributed by atoms with Crippen molar-refractivity contribution in [3.8, 4) is 16.9 Å². The number of rotatable bonds is 6. The van der Waals surface area contributed by atoms with Crippen LogP contribution < -0.4 is 10.1 Å². The van der Waals surface area contributed by atoms with Crippen molar-refractivity contribution in [2.45, 2.75) is 13.5 Å². The highest BCUT2D eigenvalue weighted by Gasteiger charge is 2.20. The van der Waals surface area contributed by atoms with E-state index in [-0.39, 0.29) is 18.2 Å². The van der Waals surface area contributed by atoms with Crippen molar-refractivity contribution in [1.29, 1.82) is 0 Å². The van der Waals surface area contributed by atoms with Crippen LogP contribution in [-0.4, -0.2) is 11.1 Å². The lowest BCUT2D eigenvalue weighted by Crippen LogP contribution is -2.15. The molecule has 1 amide bonds. The summed E-state index contributed by atoms with van der Waals surface area (Å²) in [5.74, 6) is 0.824. The second kappa shape index (κ2) is 8.84. The van der Waals surface area contributed by atoms with Gasteiger partial charge in [0.2, 0.25) is 0 Å². The van der Waals surface area contributed by atoms with Crippen LogP contribution in [-0.2, 0) is 6.61 Å². The van der Waals surface area contributed by atoms with Crippen molar-refractivity contribution in [2.24, 2.45) is 0 Å². The molecule has 30 heavy (non-hydrogen) atoms. The molecule has 0 unspecified atom stereocenters. The maximum atomic E-state index is 12.8. The summed E-state index contributed by atoms with van der Waals surface area (Å²) in [6, 6.07) is 24.7. The summed E-state index contributed by atoms with van der Waals surface area (Å²) in [5.41, 5.74) is 3.66. The summed E-state index contributed by atoms with van der Waals surface area (Å²) in [5, 5.41) is 7.40. The van der Waals surface area contributed by atoms with E-state index >= 15 is 0 Å². The number of anilines is 1. The SMILES string of the molecule is Cc1onc(C(=O)Nc2ccc(-c3ccccc3)cc2)c1COc1ccc(Cl)cc1. The molecule has 0 spiro atoms. The number of hydrogen-bond acceptors (Lipinski definition) is 4. The quantitative estimate of drug-likeness (QED) is 0.408. The van der Waals surface area contributed by atoms with Crippen LogP contribution >= 0.6 is 11.6 Å². The van der Waals surface area contributed by atoms with Gasteiger partial charge in [0.15, 0.2) is 5.69 Å². The minimum absolute atomic E-state index is 0.159. The average Bonchev–Trinajstić information content (AvgIpc) is 3.15. The third-order valence-corrected chi connectivity index (χ3v) is 4.90. The lowest BCUT2D eigenvalue weighted by atomic mass is 10.1. The Morgan fingerprint density at radius 3 is 2.33 bits per heavy atom. The summed E-state index contributed by atoms with van der Waals surface area (Å²) in [4.78, 5) is 12.8. The van der Waals surface area contributed by atoms with E-state index < -0.39 is 0 Å². The number of ether oxygens (including phenoxy) is 1.